The summed E-state index contributed by atoms with van der Waals surface area (Å²) in [7, 11) is 0. The summed E-state index contributed by atoms with van der Waals surface area (Å²) in [6, 6.07) is 16.1. The number of hydrogen-bond acceptors (Lipinski definition) is 6. The fourth-order valence-electron chi connectivity index (χ4n) is 6.36. The molecule has 0 radical (unpaired) electrons. The second kappa shape index (κ2) is 11.2. The van der Waals surface area contributed by atoms with Gasteiger partial charge in [-0.1, -0.05) is 34.8 Å². The van der Waals surface area contributed by atoms with Crippen molar-refractivity contribution in [3.63, 3.8) is 0 Å². The number of carbonyl (C=O) groups is 5. The van der Waals surface area contributed by atoms with Gasteiger partial charge in [0.2, 0.25) is 0 Å². The van der Waals surface area contributed by atoms with Gasteiger partial charge < -0.3 is 4.74 Å². The predicted octanol–water partition coefficient (Wildman–Crippen LogP) is 6.14. The van der Waals surface area contributed by atoms with Crippen LogP contribution < -0.4 is 4.74 Å². The lowest BCUT2D eigenvalue weighted by Gasteiger charge is -2.30. The minimum Gasteiger partial charge on any atom is -0.423 e. The number of rotatable bonds is 7. The third kappa shape index (κ3) is 5.08. The summed E-state index contributed by atoms with van der Waals surface area (Å²) in [5.41, 5.74) is 0.485. The topological polar surface area (TPSA) is 101 Å². The molecule has 3 aromatic rings. The molecule has 0 N–H and O–H groups in total. The van der Waals surface area contributed by atoms with Crippen molar-refractivity contribution in [2.24, 2.45) is 23.7 Å². The first kappa shape index (κ1) is 28.4. The lowest BCUT2D eigenvalue weighted by molar-refractivity contribution is -0.155. The highest BCUT2D eigenvalue weighted by atomic mass is 35.5. The van der Waals surface area contributed by atoms with Gasteiger partial charge in [-0.3, -0.25) is 19.2 Å². The van der Waals surface area contributed by atoms with Crippen LogP contribution in [0.5, 0.6) is 5.75 Å². The summed E-state index contributed by atoms with van der Waals surface area (Å²) in [5, 5.41) is 2.75. The molecule has 3 aliphatic rings. The maximum atomic E-state index is 13.7. The van der Waals surface area contributed by atoms with Gasteiger partial charge in [0.25, 0.3) is 17.7 Å². The number of amides is 3. The molecule has 3 aromatic carbocycles. The molecule has 2 aliphatic carbocycles. The van der Waals surface area contributed by atoms with Gasteiger partial charge in [-0.2, -0.15) is 5.01 Å². The van der Waals surface area contributed by atoms with Crippen LogP contribution in [-0.4, -0.2) is 46.0 Å². The Balaban J connectivity index is 1.23. The highest BCUT2D eigenvalue weighted by Gasteiger charge is 2.62. The van der Waals surface area contributed by atoms with Crippen LogP contribution in [0.3, 0.4) is 0 Å². The number of nitrogens with zero attached hydrogens (tertiary/aromatic N) is 2. The summed E-state index contributed by atoms with van der Waals surface area (Å²) in [4.78, 5) is 66.8. The molecular formula is C31H23Cl3N2O6. The molecule has 42 heavy (non-hydrogen) atoms. The number of esters is 1. The van der Waals surface area contributed by atoms with Crippen molar-refractivity contribution < 1.29 is 28.7 Å². The zero-order valence-electron chi connectivity index (χ0n) is 22.0. The predicted molar refractivity (Wildman–Crippen MR) is 154 cm³/mol. The number of hydrogen-bond donors (Lipinski definition) is 0. The van der Waals surface area contributed by atoms with Gasteiger partial charge in [-0.15, -0.1) is 0 Å². The van der Waals surface area contributed by atoms with Gasteiger partial charge in [0.05, 0.1) is 22.4 Å². The first-order valence-electron chi connectivity index (χ1n) is 13.4. The number of fused-ring (bicyclic) bond motifs is 5. The Morgan fingerprint density at radius 1 is 0.786 bits per heavy atom. The van der Waals surface area contributed by atoms with Crippen molar-refractivity contribution in [1.82, 2.24) is 10.0 Å². The minimum atomic E-state index is -0.707. The molecule has 8 nitrogen and oxygen atoms in total. The molecular weight excluding hydrogens is 603 g/mol. The molecule has 1 saturated heterocycles. The number of halogens is 3. The molecule has 6 rings (SSSR count). The van der Waals surface area contributed by atoms with Gasteiger partial charge in [0.1, 0.15) is 12.3 Å². The van der Waals surface area contributed by atoms with E-state index in [0.717, 1.165) is 29.3 Å². The Kier molecular flexibility index (Phi) is 7.55. The van der Waals surface area contributed by atoms with Crippen LogP contribution in [0.4, 0.5) is 0 Å². The van der Waals surface area contributed by atoms with Crippen LogP contribution >= 0.6 is 34.8 Å². The third-order valence-electron chi connectivity index (χ3n) is 8.30. The van der Waals surface area contributed by atoms with E-state index in [2.05, 4.69) is 0 Å². The summed E-state index contributed by atoms with van der Waals surface area (Å²) in [5.74, 6) is -3.30. The second-order valence-corrected chi connectivity index (χ2v) is 12.0. The second-order valence-electron chi connectivity index (χ2n) is 10.7. The standard InChI is InChI=1S/C31H23Cl3N2O6/c32-20-7-3-17(4-8-20)28(38)35(36-29(39)26-18-1-2-19(13-18)27(26)30(36)40)15-25(37)16-5-10-22(11-6-16)42-31(41)23-12-9-21(33)14-24(23)34/h3-12,14,18-19,26-27H,1-2,13,15H2/t18-,19-,26-,27+/m0/s1. The number of ketones is 1. The third-order valence-corrected chi connectivity index (χ3v) is 9.10. The van der Waals surface area contributed by atoms with Crippen molar-refractivity contribution in [2.45, 2.75) is 19.3 Å². The Labute approximate surface area is 256 Å². The van der Waals surface area contributed by atoms with Crippen molar-refractivity contribution in [3.05, 3.63) is 98.5 Å². The largest absolute Gasteiger partial charge is 0.423 e. The first-order valence-corrected chi connectivity index (χ1v) is 14.5. The smallest absolute Gasteiger partial charge is 0.345 e. The van der Waals surface area contributed by atoms with Gasteiger partial charge in [0, 0.05) is 21.2 Å². The Bertz CT molecular complexity index is 1600. The van der Waals surface area contributed by atoms with Gasteiger partial charge >= 0.3 is 5.97 Å². The summed E-state index contributed by atoms with van der Waals surface area (Å²) >= 11 is 18.0. The van der Waals surface area contributed by atoms with E-state index in [1.54, 1.807) is 0 Å². The Morgan fingerprint density at radius 3 is 1.95 bits per heavy atom. The average Bonchev–Trinajstić information content (AvgIpc) is 3.65. The number of benzene rings is 3. The first-order chi connectivity index (χ1) is 20.1. The van der Waals surface area contributed by atoms with Crippen molar-refractivity contribution in [1.29, 1.82) is 0 Å². The Hall–Kier alpha value is -3.72. The van der Waals surface area contributed by atoms with Crippen LogP contribution in [-0.2, 0) is 9.59 Å². The molecule has 3 fully saturated rings. The van der Waals surface area contributed by atoms with E-state index in [1.165, 1.54) is 66.7 Å². The van der Waals surface area contributed by atoms with E-state index in [-0.39, 0.29) is 39.3 Å². The quantitative estimate of drug-likeness (QED) is 0.135. The highest BCUT2D eigenvalue weighted by Crippen LogP contribution is 2.56. The van der Waals surface area contributed by atoms with E-state index < -0.39 is 47.9 Å². The fraction of sp³-hybridized carbons (Fsp3) is 0.258. The molecule has 1 aliphatic heterocycles. The Morgan fingerprint density at radius 2 is 1.36 bits per heavy atom. The minimum absolute atomic E-state index is 0.114. The molecule has 3 amide bonds. The number of carbonyl (C=O) groups excluding carboxylic acids is 5. The lowest BCUT2D eigenvalue weighted by Crippen LogP contribution is -2.52. The number of ether oxygens (including phenoxy) is 1. The molecule has 0 unspecified atom stereocenters. The molecule has 0 aromatic heterocycles. The maximum Gasteiger partial charge on any atom is 0.345 e. The van der Waals surface area contributed by atoms with Crippen molar-refractivity contribution >= 4 is 64.3 Å². The van der Waals surface area contributed by atoms with Crippen LogP contribution in [0.25, 0.3) is 0 Å². The normalized spacial score (nSPS) is 22.3. The summed E-state index contributed by atoms with van der Waals surface area (Å²) in [6.45, 7) is -0.548. The zero-order chi connectivity index (χ0) is 29.7. The summed E-state index contributed by atoms with van der Waals surface area (Å²) in [6.07, 6.45) is 2.60. The van der Waals surface area contributed by atoms with Gasteiger partial charge in [-0.05, 0) is 97.8 Å². The van der Waals surface area contributed by atoms with Gasteiger partial charge in [0.15, 0.2) is 5.78 Å². The number of Topliss-reactive ketones (excluding diaryl/α,β-unsaturated/α-hetero) is 1. The molecule has 1 heterocycles. The van der Waals surface area contributed by atoms with E-state index in [4.69, 9.17) is 39.5 Å². The number of imide groups is 1. The van der Waals surface area contributed by atoms with E-state index in [9.17, 15) is 24.0 Å². The fourth-order valence-corrected chi connectivity index (χ4v) is 6.97. The average molecular weight is 626 g/mol. The van der Waals surface area contributed by atoms with Crippen LogP contribution in [0.15, 0.2) is 66.7 Å². The molecule has 11 heteroatoms. The summed E-state index contributed by atoms with van der Waals surface area (Å²) < 4.78 is 5.37. The SMILES string of the molecule is O=C(CN(C(=O)c1ccc(Cl)cc1)N1C(=O)[C@@H]2[C@H]3CC[C@@H](C3)[C@@H]2C1=O)c1ccc(OC(=O)c2ccc(Cl)cc2Cl)cc1. The molecule has 4 atom stereocenters. The van der Waals surface area contributed by atoms with Crippen molar-refractivity contribution in [3.8, 4) is 5.75 Å². The van der Waals surface area contributed by atoms with Crippen LogP contribution in [0.2, 0.25) is 15.1 Å². The van der Waals surface area contributed by atoms with E-state index >= 15 is 0 Å². The molecule has 0 spiro atoms. The maximum absolute atomic E-state index is 13.7. The zero-order valence-corrected chi connectivity index (χ0v) is 24.2. The van der Waals surface area contributed by atoms with Gasteiger partial charge in [-0.25, -0.2) is 9.80 Å². The van der Waals surface area contributed by atoms with E-state index in [1.807, 2.05) is 0 Å². The lowest BCUT2D eigenvalue weighted by atomic mass is 9.81. The van der Waals surface area contributed by atoms with Crippen LogP contribution in [0, 0.1) is 23.7 Å². The van der Waals surface area contributed by atoms with Crippen molar-refractivity contribution in [2.75, 3.05) is 6.54 Å². The number of hydrazine groups is 1. The monoisotopic (exact) mass is 624 g/mol. The molecule has 214 valence electrons. The van der Waals surface area contributed by atoms with Crippen LogP contribution in [0.1, 0.15) is 50.3 Å². The molecule has 2 saturated carbocycles. The highest BCUT2D eigenvalue weighted by molar-refractivity contribution is 6.36. The van der Waals surface area contributed by atoms with E-state index in [0.29, 0.717) is 10.0 Å². The molecule has 2 bridgehead atoms.